The third kappa shape index (κ3) is 4.76. The van der Waals surface area contributed by atoms with Crippen LogP contribution in [0.2, 0.25) is 5.02 Å². The molecule has 9 heteroatoms. The van der Waals surface area contributed by atoms with E-state index in [1.807, 2.05) is 49.4 Å². The smallest absolute Gasteiger partial charge is 0.345 e. The SMILES string of the molecule is Cc1nn(-c2ccccc2)c(OC(=O)c2cccc([N+](=O)[O-])c2C)c1Sc1ccc(Cl)cc1. The van der Waals surface area contributed by atoms with Crippen molar-refractivity contribution in [3.8, 4) is 11.6 Å². The zero-order valence-electron chi connectivity index (χ0n) is 17.7. The second-order valence-electron chi connectivity index (χ2n) is 7.12. The minimum atomic E-state index is -0.703. The number of benzene rings is 3. The van der Waals surface area contributed by atoms with Crippen LogP contribution in [0.1, 0.15) is 21.6 Å². The number of nitro benzene ring substituents is 1. The van der Waals surface area contributed by atoms with Crippen LogP contribution in [0.4, 0.5) is 5.69 Å². The van der Waals surface area contributed by atoms with Crippen LogP contribution in [-0.4, -0.2) is 20.7 Å². The maximum atomic E-state index is 13.1. The summed E-state index contributed by atoms with van der Waals surface area (Å²) in [5.74, 6) is -0.471. The standard InChI is InChI=1S/C24H18ClN3O4S/c1-15-20(9-6-10-21(15)28(30)31)24(29)32-23-22(33-19-13-11-17(25)12-14-19)16(2)26-27(23)18-7-4-3-5-8-18/h3-14H,1-2H3. The lowest BCUT2D eigenvalue weighted by Gasteiger charge is -2.11. The van der Waals surface area contributed by atoms with Crippen LogP contribution in [0.5, 0.6) is 5.88 Å². The van der Waals surface area contributed by atoms with Gasteiger partial charge in [0.1, 0.15) is 0 Å². The molecule has 0 amide bonds. The number of aryl methyl sites for hydroxylation is 1. The Bertz CT molecular complexity index is 1340. The van der Waals surface area contributed by atoms with Crippen LogP contribution in [-0.2, 0) is 0 Å². The fraction of sp³-hybridized carbons (Fsp3) is 0.0833. The topological polar surface area (TPSA) is 87.3 Å². The fourth-order valence-electron chi connectivity index (χ4n) is 3.25. The summed E-state index contributed by atoms with van der Waals surface area (Å²) in [4.78, 5) is 25.5. The Labute approximate surface area is 199 Å². The Balaban J connectivity index is 1.78. The molecule has 0 saturated heterocycles. The summed E-state index contributed by atoms with van der Waals surface area (Å²) < 4.78 is 7.40. The third-order valence-electron chi connectivity index (χ3n) is 4.91. The van der Waals surface area contributed by atoms with E-state index in [2.05, 4.69) is 5.10 Å². The number of carbonyl (C=O) groups excluding carboxylic acids is 1. The predicted molar refractivity (Wildman–Crippen MR) is 127 cm³/mol. The van der Waals surface area contributed by atoms with Gasteiger partial charge < -0.3 is 4.74 Å². The number of nitro groups is 1. The first kappa shape index (κ1) is 22.6. The molecule has 7 nitrogen and oxygen atoms in total. The molecule has 33 heavy (non-hydrogen) atoms. The number of rotatable bonds is 6. The van der Waals surface area contributed by atoms with E-state index in [0.29, 0.717) is 21.3 Å². The maximum absolute atomic E-state index is 13.1. The molecule has 166 valence electrons. The molecule has 0 aliphatic rings. The molecule has 1 heterocycles. The van der Waals surface area contributed by atoms with E-state index in [1.54, 1.807) is 16.8 Å². The Kier molecular flexibility index (Phi) is 6.48. The molecule has 4 rings (SSSR count). The van der Waals surface area contributed by atoms with Crippen molar-refractivity contribution in [2.75, 3.05) is 0 Å². The number of aromatic nitrogens is 2. The predicted octanol–water partition coefficient (Wildman–Crippen LogP) is 6.42. The van der Waals surface area contributed by atoms with Gasteiger partial charge in [0.15, 0.2) is 0 Å². The second kappa shape index (κ2) is 9.48. The van der Waals surface area contributed by atoms with E-state index >= 15 is 0 Å². The number of carbonyl (C=O) groups is 1. The second-order valence-corrected chi connectivity index (χ2v) is 8.64. The molecular weight excluding hydrogens is 462 g/mol. The van der Waals surface area contributed by atoms with Crippen molar-refractivity contribution in [2.45, 2.75) is 23.6 Å². The summed E-state index contributed by atoms with van der Waals surface area (Å²) in [7, 11) is 0. The van der Waals surface area contributed by atoms with Crippen LogP contribution in [0, 0.1) is 24.0 Å². The summed E-state index contributed by atoms with van der Waals surface area (Å²) in [5, 5.41) is 16.5. The lowest BCUT2D eigenvalue weighted by atomic mass is 10.1. The fourth-order valence-corrected chi connectivity index (χ4v) is 4.29. The minimum absolute atomic E-state index is 0.116. The van der Waals surface area contributed by atoms with Crippen molar-refractivity contribution in [1.29, 1.82) is 0 Å². The van der Waals surface area contributed by atoms with Crippen molar-refractivity contribution in [3.05, 3.63) is 105 Å². The van der Waals surface area contributed by atoms with Gasteiger partial charge in [-0.15, -0.1) is 0 Å². The Morgan fingerprint density at radius 1 is 1.03 bits per heavy atom. The average Bonchev–Trinajstić information content (AvgIpc) is 3.10. The van der Waals surface area contributed by atoms with Crippen LogP contribution in [0.3, 0.4) is 0 Å². The van der Waals surface area contributed by atoms with E-state index in [9.17, 15) is 14.9 Å². The highest BCUT2D eigenvalue weighted by Gasteiger charge is 2.25. The zero-order chi connectivity index (χ0) is 23.5. The van der Waals surface area contributed by atoms with Crippen LogP contribution >= 0.6 is 23.4 Å². The molecule has 0 fully saturated rings. The molecule has 0 radical (unpaired) electrons. The zero-order valence-corrected chi connectivity index (χ0v) is 19.3. The van der Waals surface area contributed by atoms with Gasteiger partial charge in [-0.3, -0.25) is 10.1 Å². The Morgan fingerprint density at radius 3 is 2.39 bits per heavy atom. The van der Waals surface area contributed by atoms with Crippen LogP contribution < -0.4 is 4.74 Å². The van der Waals surface area contributed by atoms with Crippen LogP contribution in [0.15, 0.2) is 82.6 Å². The van der Waals surface area contributed by atoms with Crippen LogP contribution in [0.25, 0.3) is 5.69 Å². The molecule has 0 aliphatic heterocycles. The highest BCUT2D eigenvalue weighted by Crippen LogP contribution is 2.39. The molecule has 0 atom stereocenters. The van der Waals surface area contributed by atoms with Gasteiger partial charge in [-0.25, -0.2) is 4.79 Å². The summed E-state index contributed by atoms with van der Waals surface area (Å²) in [5.41, 5.74) is 1.58. The van der Waals surface area contributed by atoms with E-state index in [4.69, 9.17) is 16.3 Å². The van der Waals surface area contributed by atoms with E-state index < -0.39 is 10.9 Å². The molecule has 0 spiro atoms. The average molecular weight is 480 g/mol. The van der Waals surface area contributed by atoms with Gasteiger partial charge in [-0.2, -0.15) is 9.78 Å². The highest BCUT2D eigenvalue weighted by atomic mass is 35.5. The summed E-state index contributed by atoms with van der Waals surface area (Å²) in [6, 6.07) is 20.9. The first-order valence-corrected chi connectivity index (χ1v) is 11.1. The molecule has 0 N–H and O–H groups in total. The number of hydrogen-bond acceptors (Lipinski definition) is 6. The van der Waals surface area contributed by atoms with Gasteiger partial charge >= 0.3 is 5.97 Å². The van der Waals surface area contributed by atoms with Gasteiger partial charge in [0.05, 0.1) is 26.8 Å². The molecular formula is C24H18ClN3O4S. The number of hydrogen-bond donors (Lipinski definition) is 0. The first-order chi connectivity index (χ1) is 15.8. The lowest BCUT2D eigenvalue weighted by molar-refractivity contribution is -0.385. The number of ether oxygens (including phenoxy) is 1. The summed E-state index contributed by atoms with van der Waals surface area (Å²) in [6.07, 6.45) is 0. The number of halogens is 1. The normalized spacial score (nSPS) is 10.8. The largest absolute Gasteiger partial charge is 0.402 e. The van der Waals surface area contributed by atoms with E-state index in [1.165, 1.54) is 36.9 Å². The van der Waals surface area contributed by atoms with Gasteiger partial charge in [-0.1, -0.05) is 47.6 Å². The minimum Gasteiger partial charge on any atom is -0.402 e. The summed E-state index contributed by atoms with van der Waals surface area (Å²) in [6.45, 7) is 3.35. The maximum Gasteiger partial charge on any atom is 0.345 e. The van der Waals surface area contributed by atoms with E-state index in [-0.39, 0.29) is 22.7 Å². The van der Waals surface area contributed by atoms with Crippen molar-refractivity contribution < 1.29 is 14.5 Å². The Hall–Kier alpha value is -3.62. The molecule has 0 aliphatic carbocycles. The van der Waals surface area contributed by atoms with Crippen molar-refractivity contribution in [2.24, 2.45) is 0 Å². The number of nitrogens with zero attached hydrogens (tertiary/aromatic N) is 3. The number of esters is 1. The monoisotopic (exact) mass is 479 g/mol. The van der Waals surface area contributed by atoms with Gasteiger partial charge in [0.25, 0.3) is 5.69 Å². The Morgan fingerprint density at radius 2 is 1.73 bits per heavy atom. The highest BCUT2D eigenvalue weighted by molar-refractivity contribution is 7.99. The molecule has 0 saturated carbocycles. The van der Waals surface area contributed by atoms with Crippen molar-refractivity contribution >= 4 is 35.0 Å². The number of para-hydroxylation sites is 1. The van der Waals surface area contributed by atoms with Crippen molar-refractivity contribution in [1.82, 2.24) is 9.78 Å². The quantitative estimate of drug-likeness (QED) is 0.180. The molecule has 0 bridgehead atoms. The van der Waals surface area contributed by atoms with Gasteiger partial charge in [0.2, 0.25) is 5.88 Å². The molecule has 1 aromatic heterocycles. The molecule has 4 aromatic rings. The summed E-state index contributed by atoms with van der Waals surface area (Å²) >= 11 is 7.39. The lowest BCUT2D eigenvalue weighted by Crippen LogP contribution is -2.14. The molecule has 0 unspecified atom stereocenters. The van der Waals surface area contributed by atoms with E-state index in [0.717, 1.165) is 4.90 Å². The van der Waals surface area contributed by atoms with Gasteiger partial charge in [0, 0.05) is 21.5 Å². The third-order valence-corrected chi connectivity index (χ3v) is 6.34. The molecule has 3 aromatic carbocycles. The van der Waals surface area contributed by atoms with Crippen molar-refractivity contribution in [3.63, 3.8) is 0 Å². The first-order valence-electron chi connectivity index (χ1n) is 9.90. The van der Waals surface area contributed by atoms with Gasteiger partial charge in [-0.05, 0) is 56.3 Å².